The molecule has 2 nitrogen and oxygen atoms in total. The van der Waals surface area contributed by atoms with E-state index in [0.717, 1.165) is 22.4 Å². The molecule has 3 aromatic rings. The molecular formula is C15H13ClN2. The Bertz CT molecular complexity index is 673. The van der Waals surface area contributed by atoms with Gasteiger partial charge in [-0.1, -0.05) is 42.5 Å². The highest BCUT2D eigenvalue weighted by molar-refractivity contribution is 6.22. The molecule has 2 aromatic carbocycles. The van der Waals surface area contributed by atoms with Gasteiger partial charge in [0.2, 0.25) is 0 Å². The largest absolute Gasteiger partial charge is 0.330 e. The van der Waals surface area contributed by atoms with Gasteiger partial charge in [-0.2, -0.15) is 0 Å². The smallest absolute Gasteiger partial charge is 0.132 e. The maximum atomic E-state index is 6.53. The van der Waals surface area contributed by atoms with Crippen LogP contribution >= 0.6 is 11.6 Å². The van der Waals surface area contributed by atoms with Gasteiger partial charge in [-0.25, -0.2) is 4.98 Å². The minimum Gasteiger partial charge on any atom is -0.330 e. The van der Waals surface area contributed by atoms with Crippen LogP contribution in [-0.4, -0.2) is 9.55 Å². The van der Waals surface area contributed by atoms with Crippen LogP contribution in [0.4, 0.5) is 0 Å². The van der Waals surface area contributed by atoms with Crippen LogP contribution in [0, 0.1) is 0 Å². The molecule has 0 amide bonds. The van der Waals surface area contributed by atoms with Gasteiger partial charge in [-0.15, -0.1) is 11.6 Å². The highest BCUT2D eigenvalue weighted by Gasteiger charge is 2.17. The number of hydrogen-bond donors (Lipinski definition) is 0. The van der Waals surface area contributed by atoms with E-state index < -0.39 is 0 Å². The van der Waals surface area contributed by atoms with Crippen LogP contribution in [0.3, 0.4) is 0 Å². The fourth-order valence-electron chi connectivity index (χ4n) is 2.16. The summed E-state index contributed by atoms with van der Waals surface area (Å²) in [6.45, 7) is 0. The molecule has 3 rings (SSSR count). The molecular weight excluding hydrogens is 244 g/mol. The van der Waals surface area contributed by atoms with Crippen LogP contribution in [0.5, 0.6) is 0 Å². The van der Waals surface area contributed by atoms with Gasteiger partial charge in [0.1, 0.15) is 11.2 Å². The molecule has 1 unspecified atom stereocenters. The van der Waals surface area contributed by atoms with Crippen molar-refractivity contribution in [3.05, 3.63) is 66.0 Å². The van der Waals surface area contributed by atoms with Crippen LogP contribution in [0.15, 0.2) is 54.6 Å². The first-order chi connectivity index (χ1) is 8.77. The van der Waals surface area contributed by atoms with Crippen LogP contribution in [0.2, 0.25) is 0 Å². The van der Waals surface area contributed by atoms with E-state index in [9.17, 15) is 0 Å². The predicted molar refractivity (Wildman–Crippen MR) is 74.9 cm³/mol. The van der Waals surface area contributed by atoms with E-state index in [-0.39, 0.29) is 5.38 Å². The summed E-state index contributed by atoms with van der Waals surface area (Å²) in [5.41, 5.74) is 3.16. The Kier molecular flexibility index (Phi) is 2.80. The summed E-state index contributed by atoms with van der Waals surface area (Å²) in [7, 11) is 2.00. The molecule has 0 aliphatic rings. The second-order valence-electron chi connectivity index (χ2n) is 4.29. The topological polar surface area (TPSA) is 17.8 Å². The van der Waals surface area contributed by atoms with Crippen LogP contribution < -0.4 is 0 Å². The number of nitrogens with zero attached hydrogens (tertiary/aromatic N) is 2. The lowest BCUT2D eigenvalue weighted by atomic mass is 10.1. The zero-order valence-electron chi connectivity index (χ0n) is 10.0. The molecule has 0 aliphatic carbocycles. The Labute approximate surface area is 111 Å². The summed E-state index contributed by atoms with van der Waals surface area (Å²) in [6.07, 6.45) is 0. The minimum atomic E-state index is -0.219. The van der Waals surface area contributed by atoms with E-state index in [2.05, 4.69) is 15.6 Å². The molecule has 18 heavy (non-hydrogen) atoms. The maximum absolute atomic E-state index is 6.53. The Morgan fingerprint density at radius 3 is 2.39 bits per heavy atom. The zero-order chi connectivity index (χ0) is 12.5. The van der Waals surface area contributed by atoms with Crippen LogP contribution in [-0.2, 0) is 7.05 Å². The number of fused-ring (bicyclic) bond motifs is 1. The van der Waals surface area contributed by atoms with Gasteiger partial charge in [0, 0.05) is 7.05 Å². The third kappa shape index (κ3) is 1.79. The molecule has 1 heterocycles. The lowest BCUT2D eigenvalue weighted by Gasteiger charge is -2.09. The van der Waals surface area contributed by atoms with E-state index in [1.807, 2.05) is 55.6 Å². The average Bonchev–Trinajstić information content (AvgIpc) is 2.77. The summed E-state index contributed by atoms with van der Waals surface area (Å²) in [5.74, 6) is 0.879. The van der Waals surface area contributed by atoms with E-state index in [4.69, 9.17) is 11.6 Å². The molecule has 0 bridgehead atoms. The maximum Gasteiger partial charge on any atom is 0.132 e. The van der Waals surface area contributed by atoms with Crippen LogP contribution in [0.25, 0.3) is 11.0 Å². The van der Waals surface area contributed by atoms with Crippen molar-refractivity contribution in [3.8, 4) is 0 Å². The monoisotopic (exact) mass is 256 g/mol. The quantitative estimate of drug-likeness (QED) is 0.636. The second kappa shape index (κ2) is 4.46. The Balaban J connectivity index is 2.12. The van der Waals surface area contributed by atoms with Gasteiger partial charge < -0.3 is 4.57 Å². The van der Waals surface area contributed by atoms with Crippen molar-refractivity contribution in [1.29, 1.82) is 0 Å². The fourth-order valence-corrected chi connectivity index (χ4v) is 2.50. The van der Waals surface area contributed by atoms with Crippen molar-refractivity contribution in [3.63, 3.8) is 0 Å². The molecule has 0 saturated heterocycles. The van der Waals surface area contributed by atoms with Gasteiger partial charge in [0.15, 0.2) is 0 Å². The first kappa shape index (κ1) is 11.3. The number of alkyl halides is 1. The number of benzene rings is 2. The third-order valence-corrected chi connectivity index (χ3v) is 3.59. The van der Waals surface area contributed by atoms with E-state index in [1.54, 1.807) is 0 Å². The number of imidazole rings is 1. The van der Waals surface area contributed by atoms with Crippen molar-refractivity contribution >= 4 is 22.6 Å². The van der Waals surface area contributed by atoms with Crippen molar-refractivity contribution in [1.82, 2.24) is 9.55 Å². The van der Waals surface area contributed by atoms with Crippen molar-refractivity contribution in [2.24, 2.45) is 7.05 Å². The van der Waals surface area contributed by atoms with Crippen molar-refractivity contribution in [2.75, 3.05) is 0 Å². The lowest BCUT2D eigenvalue weighted by molar-refractivity contribution is 0.830. The number of para-hydroxylation sites is 2. The van der Waals surface area contributed by atoms with Gasteiger partial charge in [-0.05, 0) is 17.7 Å². The Hall–Kier alpha value is -1.80. The van der Waals surface area contributed by atoms with Gasteiger partial charge in [0.25, 0.3) is 0 Å². The molecule has 0 saturated carbocycles. The second-order valence-corrected chi connectivity index (χ2v) is 4.73. The van der Waals surface area contributed by atoms with E-state index >= 15 is 0 Å². The number of aromatic nitrogens is 2. The molecule has 0 N–H and O–H groups in total. The number of halogens is 1. The molecule has 0 fully saturated rings. The summed E-state index contributed by atoms with van der Waals surface area (Å²) < 4.78 is 2.06. The minimum absolute atomic E-state index is 0.219. The van der Waals surface area contributed by atoms with Crippen molar-refractivity contribution < 1.29 is 0 Å². The zero-order valence-corrected chi connectivity index (χ0v) is 10.8. The lowest BCUT2D eigenvalue weighted by Crippen LogP contribution is -2.02. The summed E-state index contributed by atoms with van der Waals surface area (Å²) in [5, 5.41) is -0.219. The highest BCUT2D eigenvalue weighted by atomic mass is 35.5. The van der Waals surface area contributed by atoms with Gasteiger partial charge in [0.05, 0.1) is 11.0 Å². The predicted octanol–water partition coefficient (Wildman–Crippen LogP) is 3.90. The Morgan fingerprint density at radius 1 is 1.00 bits per heavy atom. The number of rotatable bonds is 2. The first-order valence-electron chi connectivity index (χ1n) is 5.88. The number of aryl methyl sites for hydroxylation is 1. The fraction of sp³-hybridized carbons (Fsp3) is 0.133. The van der Waals surface area contributed by atoms with E-state index in [0.29, 0.717) is 0 Å². The molecule has 1 aromatic heterocycles. The summed E-state index contributed by atoms with van der Waals surface area (Å²) in [6, 6.07) is 18.1. The normalized spacial score (nSPS) is 12.8. The standard InChI is InChI=1S/C15H13ClN2/c1-18-13-10-6-5-9-12(13)17-15(18)14(16)11-7-3-2-4-8-11/h2-10,14H,1H3. The average molecular weight is 257 g/mol. The molecule has 3 heteroatoms. The first-order valence-corrected chi connectivity index (χ1v) is 6.31. The summed E-state index contributed by atoms with van der Waals surface area (Å²) in [4.78, 5) is 4.62. The molecule has 1 atom stereocenters. The molecule has 0 aliphatic heterocycles. The third-order valence-electron chi connectivity index (χ3n) is 3.14. The Morgan fingerprint density at radius 2 is 1.67 bits per heavy atom. The van der Waals surface area contributed by atoms with Gasteiger partial charge >= 0.3 is 0 Å². The molecule has 0 spiro atoms. The number of hydrogen-bond acceptors (Lipinski definition) is 1. The summed E-state index contributed by atoms with van der Waals surface area (Å²) >= 11 is 6.53. The van der Waals surface area contributed by atoms with Crippen LogP contribution in [0.1, 0.15) is 16.8 Å². The van der Waals surface area contributed by atoms with Gasteiger partial charge in [-0.3, -0.25) is 0 Å². The molecule has 0 radical (unpaired) electrons. The highest BCUT2D eigenvalue weighted by Crippen LogP contribution is 2.29. The van der Waals surface area contributed by atoms with E-state index in [1.165, 1.54) is 0 Å². The molecule has 90 valence electrons. The SMILES string of the molecule is Cn1c(C(Cl)c2ccccc2)nc2ccccc21. The van der Waals surface area contributed by atoms with Crippen molar-refractivity contribution in [2.45, 2.75) is 5.38 Å².